The minimum atomic E-state index is 0.433. The van der Waals surface area contributed by atoms with E-state index in [4.69, 9.17) is 4.52 Å². The molecule has 6 heteroatoms. The summed E-state index contributed by atoms with van der Waals surface area (Å²) in [7, 11) is 0. The van der Waals surface area contributed by atoms with Gasteiger partial charge < -0.3 is 9.84 Å². The van der Waals surface area contributed by atoms with Crippen molar-refractivity contribution in [3.63, 3.8) is 0 Å². The van der Waals surface area contributed by atoms with Crippen molar-refractivity contribution in [1.82, 2.24) is 25.2 Å². The van der Waals surface area contributed by atoms with Crippen LogP contribution in [0, 0.1) is 20.8 Å². The highest BCUT2D eigenvalue weighted by molar-refractivity contribution is 5.20. The van der Waals surface area contributed by atoms with Gasteiger partial charge in [0.25, 0.3) is 0 Å². The highest BCUT2D eigenvalue weighted by Gasteiger charge is 2.21. The van der Waals surface area contributed by atoms with Crippen molar-refractivity contribution in [2.45, 2.75) is 52.7 Å². The molecule has 0 aliphatic carbocycles. The Hall–Kier alpha value is -1.69. The first-order chi connectivity index (χ1) is 9.13. The van der Waals surface area contributed by atoms with Crippen LogP contribution < -0.4 is 5.32 Å². The molecule has 2 aromatic rings. The average Bonchev–Trinajstić information content (AvgIpc) is 2.89. The molecule has 2 aromatic heterocycles. The van der Waals surface area contributed by atoms with Gasteiger partial charge in [0, 0.05) is 24.6 Å². The van der Waals surface area contributed by atoms with E-state index < -0.39 is 0 Å². The summed E-state index contributed by atoms with van der Waals surface area (Å²) in [6.07, 6.45) is 2.08. The van der Waals surface area contributed by atoms with E-state index >= 15 is 0 Å². The number of aromatic nitrogens is 4. The van der Waals surface area contributed by atoms with Crippen LogP contribution in [0.4, 0.5) is 0 Å². The van der Waals surface area contributed by atoms with Crippen LogP contribution in [0.1, 0.15) is 35.1 Å². The zero-order chi connectivity index (χ0) is 13.4. The Kier molecular flexibility index (Phi) is 3.10. The van der Waals surface area contributed by atoms with Gasteiger partial charge in [-0.05, 0) is 27.2 Å². The highest BCUT2D eigenvalue weighted by Crippen LogP contribution is 2.15. The van der Waals surface area contributed by atoms with Gasteiger partial charge in [-0.15, -0.1) is 0 Å². The third-order valence-electron chi connectivity index (χ3n) is 3.71. The van der Waals surface area contributed by atoms with E-state index in [0.717, 1.165) is 49.0 Å². The molecule has 0 saturated carbocycles. The molecule has 0 amide bonds. The predicted molar refractivity (Wildman–Crippen MR) is 69.7 cm³/mol. The van der Waals surface area contributed by atoms with Crippen LogP contribution in [0.25, 0.3) is 0 Å². The standard InChI is InChI=1S/C13H19N5O/c1-8-12(9(2)19-17-8)6-14-11-4-5-13-15-10(3)16-18(13)7-11/h11,14H,4-7H2,1-3H3. The molecule has 1 aliphatic rings. The number of hydrogen-bond donors (Lipinski definition) is 1. The van der Waals surface area contributed by atoms with E-state index in [9.17, 15) is 0 Å². The molecule has 0 radical (unpaired) electrons. The Bertz CT molecular complexity index is 566. The summed E-state index contributed by atoms with van der Waals surface area (Å²) in [5.41, 5.74) is 2.14. The zero-order valence-corrected chi connectivity index (χ0v) is 11.6. The number of rotatable bonds is 3. The first-order valence-electron chi connectivity index (χ1n) is 6.69. The largest absolute Gasteiger partial charge is 0.361 e. The molecule has 1 N–H and O–H groups in total. The maximum atomic E-state index is 5.18. The van der Waals surface area contributed by atoms with E-state index in [1.54, 1.807) is 0 Å². The summed E-state index contributed by atoms with van der Waals surface area (Å²) in [5.74, 6) is 2.87. The summed E-state index contributed by atoms with van der Waals surface area (Å²) in [4.78, 5) is 4.42. The van der Waals surface area contributed by atoms with Crippen molar-refractivity contribution in [2.24, 2.45) is 0 Å². The number of fused-ring (bicyclic) bond motifs is 1. The van der Waals surface area contributed by atoms with Crippen molar-refractivity contribution in [1.29, 1.82) is 0 Å². The second-order valence-corrected chi connectivity index (χ2v) is 5.18. The average molecular weight is 261 g/mol. The Balaban J connectivity index is 1.63. The normalized spacial score (nSPS) is 18.6. The fraction of sp³-hybridized carbons (Fsp3) is 0.615. The molecule has 0 spiro atoms. The van der Waals surface area contributed by atoms with Crippen LogP contribution in [-0.4, -0.2) is 26.0 Å². The number of nitrogens with one attached hydrogen (secondary N) is 1. The molecule has 19 heavy (non-hydrogen) atoms. The van der Waals surface area contributed by atoms with Crippen molar-refractivity contribution >= 4 is 0 Å². The van der Waals surface area contributed by atoms with Gasteiger partial charge in [0.15, 0.2) is 0 Å². The predicted octanol–water partition coefficient (Wildman–Crippen LogP) is 1.30. The maximum absolute atomic E-state index is 5.18. The van der Waals surface area contributed by atoms with Gasteiger partial charge >= 0.3 is 0 Å². The topological polar surface area (TPSA) is 68.8 Å². The minimum Gasteiger partial charge on any atom is -0.361 e. The smallest absolute Gasteiger partial charge is 0.147 e. The molecule has 1 unspecified atom stereocenters. The molecule has 1 atom stereocenters. The summed E-state index contributed by atoms with van der Waals surface area (Å²) in [6.45, 7) is 7.57. The van der Waals surface area contributed by atoms with Crippen molar-refractivity contribution in [3.05, 3.63) is 28.7 Å². The van der Waals surface area contributed by atoms with Crippen molar-refractivity contribution in [2.75, 3.05) is 0 Å². The van der Waals surface area contributed by atoms with Crippen LogP contribution in [-0.2, 0) is 19.5 Å². The summed E-state index contributed by atoms with van der Waals surface area (Å²) >= 11 is 0. The quantitative estimate of drug-likeness (QED) is 0.901. The van der Waals surface area contributed by atoms with Crippen LogP contribution in [0.3, 0.4) is 0 Å². The van der Waals surface area contributed by atoms with Crippen molar-refractivity contribution < 1.29 is 4.52 Å². The van der Waals surface area contributed by atoms with E-state index in [0.29, 0.717) is 6.04 Å². The molecule has 0 saturated heterocycles. The van der Waals surface area contributed by atoms with Gasteiger partial charge in [-0.25, -0.2) is 9.67 Å². The van der Waals surface area contributed by atoms with Crippen LogP contribution >= 0.6 is 0 Å². The molecule has 3 rings (SSSR count). The van der Waals surface area contributed by atoms with E-state index in [1.807, 2.05) is 25.5 Å². The molecular weight excluding hydrogens is 242 g/mol. The first kappa shape index (κ1) is 12.3. The van der Waals surface area contributed by atoms with Crippen LogP contribution in [0.2, 0.25) is 0 Å². The molecule has 1 aliphatic heterocycles. The second kappa shape index (κ2) is 4.77. The second-order valence-electron chi connectivity index (χ2n) is 5.18. The molecule has 3 heterocycles. The maximum Gasteiger partial charge on any atom is 0.147 e. The summed E-state index contributed by atoms with van der Waals surface area (Å²) in [5, 5.41) is 12.0. The Labute approximate surface area is 112 Å². The Morgan fingerprint density at radius 1 is 1.37 bits per heavy atom. The monoisotopic (exact) mass is 261 g/mol. The molecule has 0 fully saturated rings. The Morgan fingerprint density at radius 3 is 2.95 bits per heavy atom. The fourth-order valence-electron chi connectivity index (χ4n) is 2.60. The highest BCUT2D eigenvalue weighted by atomic mass is 16.5. The molecule has 102 valence electrons. The number of aryl methyl sites for hydroxylation is 4. The summed E-state index contributed by atoms with van der Waals surface area (Å²) in [6, 6.07) is 0.433. The van der Waals surface area contributed by atoms with Gasteiger partial charge in [-0.3, -0.25) is 0 Å². The SMILES string of the molecule is Cc1nc2n(n1)CC(NCc1c(C)noc1C)CC2. The molecule has 0 aromatic carbocycles. The molecule has 6 nitrogen and oxygen atoms in total. The lowest BCUT2D eigenvalue weighted by Crippen LogP contribution is -2.37. The van der Waals surface area contributed by atoms with Crippen molar-refractivity contribution in [3.8, 4) is 0 Å². The summed E-state index contributed by atoms with van der Waals surface area (Å²) < 4.78 is 7.19. The Morgan fingerprint density at radius 2 is 2.21 bits per heavy atom. The number of hydrogen-bond acceptors (Lipinski definition) is 5. The lowest BCUT2D eigenvalue weighted by atomic mass is 10.1. The number of nitrogens with zero attached hydrogens (tertiary/aromatic N) is 4. The lowest BCUT2D eigenvalue weighted by molar-refractivity contribution is 0.355. The van der Waals surface area contributed by atoms with Gasteiger partial charge in [0.1, 0.15) is 17.4 Å². The van der Waals surface area contributed by atoms with E-state index in [-0.39, 0.29) is 0 Å². The zero-order valence-electron chi connectivity index (χ0n) is 11.6. The minimum absolute atomic E-state index is 0.433. The van der Waals surface area contributed by atoms with Crippen LogP contribution in [0.15, 0.2) is 4.52 Å². The van der Waals surface area contributed by atoms with Gasteiger partial charge in [-0.2, -0.15) is 5.10 Å². The van der Waals surface area contributed by atoms with Gasteiger partial charge in [0.05, 0.1) is 12.2 Å². The first-order valence-corrected chi connectivity index (χ1v) is 6.69. The van der Waals surface area contributed by atoms with E-state index in [2.05, 4.69) is 20.6 Å². The third kappa shape index (κ3) is 2.40. The van der Waals surface area contributed by atoms with Crippen LogP contribution in [0.5, 0.6) is 0 Å². The van der Waals surface area contributed by atoms with Gasteiger partial charge in [0.2, 0.25) is 0 Å². The molecule has 0 bridgehead atoms. The molecular formula is C13H19N5O. The lowest BCUT2D eigenvalue weighted by Gasteiger charge is -2.23. The third-order valence-corrected chi connectivity index (χ3v) is 3.71. The fourth-order valence-corrected chi connectivity index (χ4v) is 2.60. The van der Waals surface area contributed by atoms with E-state index in [1.165, 1.54) is 5.56 Å². The van der Waals surface area contributed by atoms with Gasteiger partial charge in [-0.1, -0.05) is 5.16 Å².